The van der Waals surface area contributed by atoms with Gasteiger partial charge in [-0.25, -0.2) is 4.39 Å². The Morgan fingerprint density at radius 2 is 1.69 bits per heavy atom. The van der Waals surface area contributed by atoms with E-state index in [4.69, 9.17) is 0 Å². The van der Waals surface area contributed by atoms with Crippen molar-refractivity contribution in [2.45, 2.75) is 58.3 Å². The van der Waals surface area contributed by atoms with E-state index in [-0.39, 0.29) is 54.1 Å². The molecule has 0 spiro atoms. The van der Waals surface area contributed by atoms with Crippen LogP contribution in [0.1, 0.15) is 47.9 Å². The Kier molecular flexibility index (Phi) is 11.3. The molecule has 36 heavy (non-hydrogen) atoms. The van der Waals surface area contributed by atoms with E-state index in [0.717, 1.165) is 22.4 Å². The molecule has 1 heterocycles. The fourth-order valence-electron chi connectivity index (χ4n) is 4.43. The number of carbonyl (C=O) groups is 2. The van der Waals surface area contributed by atoms with Gasteiger partial charge in [0.25, 0.3) is 5.91 Å². The van der Waals surface area contributed by atoms with Crippen molar-refractivity contribution < 1.29 is 58.9 Å². The van der Waals surface area contributed by atoms with Gasteiger partial charge >= 0.3 is 29.6 Å². The molecule has 1 aromatic heterocycles. The molecule has 186 valence electrons. The van der Waals surface area contributed by atoms with Gasteiger partial charge in [-0.2, -0.15) is 0 Å². The summed E-state index contributed by atoms with van der Waals surface area (Å²) in [7, 11) is 0. The zero-order chi connectivity index (χ0) is 25.5. The van der Waals surface area contributed by atoms with E-state index in [9.17, 15) is 29.3 Å². The van der Waals surface area contributed by atoms with Crippen LogP contribution in [0.2, 0.25) is 0 Å². The van der Waals surface area contributed by atoms with Gasteiger partial charge in [-0.05, 0) is 68.5 Å². The number of nitrogens with zero attached hydrogens (tertiary/aromatic N) is 1. The number of carbonyl (C=O) groups excluding carboxylic acids is 2. The average molecular weight is 505 g/mol. The molecule has 9 heteroatoms. The molecule has 2 atom stereocenters. The van der Waals surface area contributed by atoms with Crippen molar-refractivity contribution in [2.24, 2.45) is 0 Å². The molecule has 7 nitrogen and oxygen atoms in total. The van der Waals surface area contributed by atoms with Crippen molar-refractivity contribution in [3.63, 3.8) is 0 Å². The van der Waals surface area contributed by atoms with Gasteiger partial charge in [0.2, 0.25) is 0 Å². The van der Waals surface area contributed by atoms with Crippen LogP contribution in [0.5, 0.6) is 0 Å². The first kappa shape index (κ1) is 29.7. The molecule has 0 aliphatic carbocycles. The number of carboxylic acids is 1. The third kappa shape index (κ3) is 7.51. The van der Waals surface area contributed by atoms with Crippen molar-refractivity contribution in [1.82, 2.24) is 4.57 Å². The quantitative estimate of drug-likeness (QED) is 0.320. The summed E-state index contributed by atoms with van der Waals surface area (Å²) in [6.07, 6.45) is -2.22. The molecular formula is C27H30FN2NaO5. The molecule has 0 saturated heterocycles. The molecule has 1 amide bonds. The fourth-order valence-corrected chi connectivity index (χ4v) is 4.43. The van der Waals surface area contributed by atoms with Gasteiger partial charge < -0.3 is 30.0 Å². The first-order valence-corrected chi connectivity index (χ1v) is 11.6. The Balaban J connectivity index is 0.00000456. The van der Waals surface area contributed by atoms with Gasteiger partial charge in [-0.1, -0.05) is 30.3 Å². The molecule has 0 aliphatic heterocycles. The molecule has 2 aromatic carbocycles. The SMILES string of the molecule is CCn1c(CCC(O)CC(O)CC(=O)[O-])c(-c2ccc(F)cc2)c(C)c1C(=O)Nc1ccccc1.[Na+]. The van der Waals surface area contributed by atoms with E-state index in [0.29, 0.717) is 24.3 Å². The van der Waals surface area contributed by atoms with Gasteiger partial charge in [0.15, 0.2) is 0 Å². The van der Waals surface area contributed by atoms with Crippen LogP contribution in [0.15, 0.2) is 54.6 Å². The molecule has 3 N–H and O–H groups in total. The van der Waals surface area contributed by atoms with E-state index >= 15 is 0 Å². The van der Waals surface area contributed by atoms with Gasteiger partial charge in [0.1, 0.15) is 11.5 Å². The standard InChI is InChI=1S/C27H31FN2O5.Na/c1-3-30-23(14-13-21(31)15-22(32)16-24(33)34)25(18-9-11-19(28)12-10-18)17(2)26(30)27(35)29-20-7-5-4-6-8-20;/h4-12,21-22,31-32H,3,13-16H2,1-2H3,(H,29,35)(H,33,34);/q;+1/p-1. The van der Waals surface area contributed by atoms with Crippen LogP contribution in [0.25, 0.3) is 11.1 Å². The zero-order valence-electron chi connectivity index (χ0n) is 20.8. The monoisotopic (exact) mass is 504 g/mol. The van der Waals surface area contributed by atoms with E-state index in [1.165, 1.54) is 12.1 Å². The largest absolute Gasteiger partial charge is 1.00 e. The summed E-state index contributed by atoms with van der Waals surface area (Å²) < 4.78 is 15.5. The predicted molar refractivity (Wildman–Crippen MR) is 129 cm³/mol. The number of rotatable bonds is 11. The van der Waals surface area contributed by atoms with Crippen molar-refractivity contribution in [3.05, 3.63) is 77.4 Å². The average Bonchev–Trinajstić information content (AvgIpc) is 3.09. The van der Waals surface area contributed by atoms with Gasteiger partial charge in [0, 0.05) is 35.9 Å². The van der Waals surface area contributed by atoms with Gasteiger partial charge in [-0.15, -0.1) is 0 Å². The summed E-state index contributed by atoms with van der Waals surface area (Å²) in [6, 6.07) is 15.1. The van der Waals surface area contributed by atoms with E-state index in [1.54, 1.807) is 24.3 Å². The summed E-state index contributed by atoms with van der Waals surface area (Å²) in [5.74, 6) is -2.04. The number of para-hydroxylation sites is 1. The number of halogens is 1. The number of anilines is 1. The Morgan fingerprint density at radius 1 is 1.06 bits per heavy atom. The summed E-state index contributed by atoms with van der Waals surface area (Å²) in [4.78, 5) is 24.0. The first-order valence-electron chi connectivity index (χ1n) is 11.6. The maximum absolute atomic E-state index is 13.6. The predicted octanol–water partition coefficient (Wildman–Crippen LogP) is 0.0633. The molecule has 2 unspecified atom stereocenters. The van der Waals surface area contributed by atoms with Crippen molar-refractivity contribution >= 4 is 17.6 Å². The van der Waals surface area contributed by atoms with Gasteiger partial charge in [-0.3, -0.25) is 4.79 Å². The third-order valence-corrected chi connectivity index (χ3v) is 5.97. The number of nitrogens with one attached hydrogen (secondary N) is 1. The minimum atomic E-state index is -1.38. The number of aliphatic hydroxyl groups excluding tert-OH is 2. The zero-order valence-corrected chi connectivity index (χ0v) is 22.8. The Bertz CT molecular complexity index is 1170. The third-order valence-electron chi connectivity index (χ3n) is 5.97. The fraction of sp³-hybridized carbons (Fsp3) is 0.333. The summed E-state index contributed by atoms with van der Waals surface area (Å²) in [6.45, 7) is 4.24. The second-order valence-corrected chi connectivity index (χ2v) is 8.52. The minimum Gasteiger partial charge on any atom is -0.550 e. The Morgan fingerprint density at radius 3 is 2.28 bits per heavy atom. The first-order chi connectivity index (χ1) is 16.7. The topological polar surface area (TPSA) is 115 Å². The van der Waals surface area contributed by atoms with E-state index in [1.807, 2.05) is 36.6 Å². The summed E-state index contributed by atoms with van der Waals surface area (Å²) in [5.41, 5.74) is 4.18. The van der Waals surface area contributed by atoms with Gasteiger partial charge in [0.05, 0.1) is 12.2 Å². The van der Waals surface area contributed by atoms with Crippen LogP contribution in [-0.4, -0.2) is 38.9 Å². The van der Waals surface area contributed by atoms with Crippen LogP contribution >= 0.6 is 0 Å². The number of hydrogen-bond donors (Lipinski definition) is 3. The Labute approximate surface area is 232 Å². The molecule has 3 rings (SSSR count). The van der Waals surface area contributed by atoms with E-state index < -0.39 is 24.6 Å². The van der Waals surface area contributed by atoms with E-state index in [2.05, 4.69) is 5.32 Å². The van der Waals surface area contributed by atoms with Crippen LogP contribution in [-0.2, 0) is 17.8 Å². The summed E-state index contributed by atoms with van der Waals surface area (Å²) >= 11 is 0. The normalized spacial score (nSPS) is 12.5. The smallest absolute Gasteiger partial charge is 0.550 e. The number of aromatic nitrogens is 1. The number of hydrogen-bond acceptors (Lipinski definition) is 5. The number of amides is 1. The minimum absolute atomic E-state index is 0. The second kappa shape index (κ2) is 13.7. The molecule has 0 fully saturated rings. The molecular weight excluding hydrogens is 474 g/mol. The second-order valence-electron chi connectivity index (χ2n) is 8.52. The molecule has 0 radical (unpaired) electrons. The molecule has 3 aromatic rings. The number of benzene rings is 2. The van der Waals surface area contributed by atoms with Crippen LogP contribution < -0.4 is 40.0 Å². The maximum atomic E-state index is 13.6. The van der Waals surface area contributed by atoms with Crippen molar-refractivity contribution in [3.8, 4) is 11.1 Å². The molecule has 0 aliphatic rings. The molecule has 0 bridgehead atoms. The summed E-state index contributed by atoms with van der Waals surface area (Å²) in [5, 5.41) is 33.9. The number of carboxylic acid groups (broad SMARTS) is 1. The van der Waals surface area contributed by atoms with Crippen molar-refractivity contribution in [2.75, 3.05) is 5.32 Å². The van der Waals surface area contributed by atoms with Crippen LogP contribution in [0.4, 0.5) is 10.1 Å². The Hall–Kier alpha value is -2.49. The maximum Gasteiger partial charge on any atom is 1.00 e. The van der Waals surface area contributed by atoms with Crippen LogP contribution in [0.3, 0.4) is 0 Å². The number of aliphatic hydroxyl groups is 2. The van der Waals surface area contributed by atoms with Crippen molar-refractivity contribution in [1.29, 1.82) is 0 Å². The number of aliphatic carboxylic acids is 1. The van der Waals surface area contributed by atoms with Crippen LogP contribution in [0, 0.1) is 12.7 Å². The molecule has 0 saturated carbocycles.